The quantitative estimate of drug-likeness (QED) is 0.212. The van der Waals surface area contributed by atoms with Crippen LogP contribution in [-0.2, 0) is 10.2 Å². The van der Waals surface area contributed by atoms with E-state index in [2.05, 4.69) is 42.2 Å². The zero-order chi connectivity index (χ0) is 25.3. The molecule has 36 heavy (non-hydrogen) atoms. The molecule has 182 valence electrons. The Labute approximate surface area is 218 Å². The standard InChI is InChI=1S/C27H26N6OS2/c1-17-9-8-10-18(13-17)23-31-24-20(14-28-33(24)19-11-6-5-7-12-19)25(32-23)35-16-22(34)30-26-29-21(15-36-26)27(2,3)4/h5-15H,16H2,1-4H3,(H,29,30,34). The molecule has 1 N–H and O–H groups in total. The van der Waals surface area contributed by atoms with Crippen molar-refractivity contribution in [3.05, 3.63) is 77.4 Å². The predicted octanol–water partition coefficient (Wildman–Crippen LogP) is 6.28. The molecule has 0 aliphatic carbocycles. The summed E-state index contributed by atoms with van der Waals surface area (Å²) in [5, 5.41) is 11.6. The van der Waals surface area contributed by atoms with Gasteiger partial charge in [-0.15, -0.1) is 11.3 Å². The van der Waals surface area contributed by atoms with Crippen molar-refractivity contribution in [3.8, 4) is 17.1 Å². The van der Waals surface area contributed by atoms with Crippen LogP contribution in [0, 0.1) is 6.92 Å². The molecule has 5 rings (SSSR count). The Bertz CT molecular complexity index is 1540. The van der Waals surface area contributed by atoms with Crippen molar-refractivity contribution >= 4 is 45.2 Å². The number of aromatic nitrogens is 5. The molecule has 0 unspecified atom stereocenters. The van der Waals surface area contributed by atoms with Crippen LogP contribution in [-0.4, -0.2) is 36.4 Å². The number of aryl methyl sites for hydroxylation is 1. The molecular weight excluding hydrogens is 488 g/mol. The van der Waals surface area contributed by atoms with Crippen LogP contribution in [0.15, 0.2) is 71.2 Å². The Balaban J connectivity index is 1.46. The van der Waals surface area contributed by atoms with Crippen LogP contribution < -0.4 is 5.32 Å². The summed E-state index contributed by atoms with van der Waals surface area (Å²) in [4.78, 5) is 27.1. The summed E-state index contributed by atoms with van der Waals surface area (Å²) in [5.41, 5.74) is 4.55. The largest absolute Gasteiger partial charge is 0.301 e. The molecule has 1 amide bonds. The Morgan fingerprint density at radius 1 is 1.06 bits per heavy atom. The summed E-state index contributed by atoms with van der Waals surface area (Å²) in [6.45, 7) is 8.35. The Hall–Kier alpha value is -3.56. The SMILES string of the molecule is Cc1cccc(-c2nc(SCC(=O)Nc3nc(C(C)(C)C)cs3)c3cnn(-c4ccccc4)c3n2)c1. The predicted molar refractivity (Wildman–Crippen MR) is 147 cm³/mol. The maximum absolute atomic E-state index is 12.8. The number of carbonyl (C=O) groups excluding carboxylic acids is 1. The number of fused-ring (bicyclic) bond motifs is 1. The van der Waals surface area contributed by atoms with Gasteiger partial charge in [-0.05, 0) is 25.1 Å². The van der Waals surface area contributed by atoms with Crippen molar-refractivity contribution in [2.75, 3.05) is 11.1 Å². The lowest BCUT2D eigenvalue weighted by atomic mass is 9.93. The summed E-state index contributed by atoms with van der Waals surface area (Å²) in [6, 6.07) is 18.0. The number of benzene rings is 2. The fourth-order valence-electron chi connectivity index (χ4n) is 3.63. The van der Waals surface area contributed by atoms with Gasteiger partial charge in [0.25, 0.3) is 0 Å². The highest BCUT2D eigenvalue weighted by molar-refractivity contribution is 8.00. The van der Waals surface area contributed by atoms with Crippen LogP contribution in [0.2, 0.25) is 0 Å². The number of hydrogen-bond donors (Lipinski definition) is 1. The smallest absolute Gasteiger partial charge is 0.236 e. The average molecular weight is 515 g/mol. The van der Waals surface area contributed by atoms with E-state index >= 15 is 0 Å². The molecule has 0 saturated carbocycles. The molecule has 5 aromatic rings. The molecule has 3 heterocycles. The van der Waals surface area contributed by atoms with E-state index in [0.29, 0.717) is 21.6 Å². The van der Waals surface area contributed by atoms with E-state index < -0.39 is 0 Å². The molecule has 0 radical (unpaired) electrons. The number of carbonyl (C=O) groups is 1. The van der Waals surface area contributed by atoms with E-state index in [-0.39, 0.29) is 17.1 Å². The minimum absolute atomic E-state index is 0.0636. The summed E-state index contributed by atoms with van der Waals surface area (Å²) < 4.78 is 1.81. The van der Waals surface area contributed by atoms with Gasteiger partial charge in [0, 0.05) is 16.4 Å². The fourth-order valence-corrected chi connectivity index (χ4v) is 5.37. The van der Waals surface area contributed by atoms with Crippen LogP contribution in [0.5, 0.6) is 0 Å². The lowest BCUT2D eigenvalue weighted by Crippen LogP contribution is -2.15. The van der Waals surface area contributed by atoms with Crippen molar-refractivity contribution in [2.24, 2.45) is 0 Å². The van der Waals surface area contributed by atoms with Gasteiger partial charge in [0.1, 0.15) is 5.03 Å². The molecule has 0 bridgehead atoms. The monoisotopic (exact) mass is 514 g/mol. The first-order chi connectivity index (χ1) is 17.3. The summed E-state index contributed by atoms with van der Waals surface area (Å²) in [7, 11) is 0. The van der Waals surface area contributed by atoms with E-state index in [1.54, 1.807) is 6.20 Å². The summed E-state index contributed by atoms with van der Waals surface area (Å²) >= 11 is 2.81. The van der Waals surface area contributed by atoms with Gasteiger partial charge in [0.2, 0.25) is 5.91 Å². The first-order valence-electron chi connectivity index (χ1n) is 11.5. The number of thiazole rings is 1. The number of thioether (sulfide) groups is 1. The molecule has 0 atom stereocenters. The molecule has 2 aromatic carbocycles. The Morgan fingerprint density at radius 3 is 2.58 bits per heavy atom. The lowest BCUT2D eigenvalue weighted by Gasteiger charge is -2.14. The molecule has 0 fully saturated rings. The molecule has 0 aliphatic heterocycles. The minimum Gasteiger partial charge on any atom is -0.301 e. The number of rotatable bonds is 6. The van der Waals surface area contributed by atoms with Crippen molar-refractivity contribution in [3.63, 3.8) is 0 Å². The van der Waals surface area contributed by atoms with Gasteiger partial charge < -0.3 is 5.32 Å². The first-order valence-corrected chi connectivity index (χ1v) is 13.4. The van der Waals surface area contributed by atoms with Gasteiger partial charge in [-0.3, -0.25) is 4.79 Å². The Kier molecular flexibility index (Phi) is 6.59. The summed E-state index contributed by atoms with van der Waals surface area (Å²) in [5.74, 6) is 0.663. The van der Waals surface area contributed by atoms with E-state index in [9.17, 15) is 4.79 Å². The molecule has 3 aromatic heterocycles. The highest BCUT2D eigenvalue weighted by Gasteiger charge is 2.19. The van der Waals surface area contributed by atoms with Crippen molar-refractivity contribution in [1.82, 2.24) is 24.7 Å². The number of hydrogen-bond acceptors (Lipinski definition) is 7. The number of para-hydroxylation sites is 1. The fraction of sp³-hybridized carbons (Fsp3) is 0.222. The van der Waals surface area contributed by atoms with Crippen LogP contribution in [0.1, 0.15) is 32.0 Å². The highest BCUT2D eigenvalue weighted by Crippen LogP contribution is 2.31. The molecule has 0 saturated heterocycles. The number of amides is 1. The molecule has 9 heteroatoms. The highest BCUT2D eigenvalue weighted by atomic mass is 32.2. The van der Waals surface area contributed by atoms with Gasteiger partial charge >= 0.3 is 0 Å². The van der Waals surface area contributed by atoms with Crippen LogP contribution in [0.25, 0.3) is 28.1 Å². The van der Waals surface area contributed by atoms with Crippen molar-refractivity contribution in [2.45, 2.75) is 38.1 Å². The normalized spacial score (nSPS) is 11.7. The zero-order valence-electron chi connectivity index (χ0n) is 20.5. The molecular formula is C27H26N6OS2. The topological polar surface area (TPSA) is 85.6 Å². The maximum Gasteiger partial charge on any atom is 0.236 e. The second-order valence-electron chi connectivity index (χ2n) is 9.48. The average Bonchev–Trinajstić information content (AvgIpc) is 3.50. The Morgan fingerprint density at radius 2 is 1.86 bits per heavy atom. The number of anilines is 1. The van der Waals surface area contributed by atoms with Crippen LogP contribution >= 0.6 is 23.1 Å². The van der Waals surface area contributed by atoms with Gasteiger partial charge in [-0.1, -0.05) is 74.5 Å². The number of nitrogens with zero attached hydrogens (tertiary/aromatic N) is 5. The number of nitrogens with one attached hydrogen (secondary N) is 1. The second-order valence-corrected chi connectivity index (χ2v) is 11.3. The lowest BCUT2D eigenvalue weighted by molar-refractivity contribution is -0.113. The van der Waals surface area contributed by atoms with Crippen molar-refractivity contribution < 1.29 is 4.79 Å². The third kappa shape index (κ3) is 5.17. The van der Waals surface area contributed by atoms with Crippen LogP contribution in [0.3, 0.4) is 0 Å². The van der Waals surface area contributed by atoms with E-state index in [0.717, 1.165) is 27.9 Å². The zero-order valence-corrected chi connectivity index (χ0v) is 22.2. The molecule has 7 nitrogen and oxygen atoms in total. The van der Waals surface area contributed by atoms with Crippen LogP contribution in [0.4, 0.5) is 5.13 Å². The minimum atomic E-state index is -0.130. The third-order valence-corrected chi connectivity index (χ3v) is 7.28. The molecule has 0 spiro atoms. The summed E-state index contributed by atoms with van der Waals surface area (Å²) in [6.07, 6.45) is 1.76. The van der Waals surface area contributed by atoms with Gasteiger partial charge in [-0.2, -0.15) is 5.10 Å². The van der Waals surface area contributed by atoms with E-state index in [4.69, 9.17) is 9.97 Å². The van der Waals surface area contributed by atoms with Crippen molar-refractivity contribution in [1.29, 1.82) is 0 Å². The van der Waals surface area contributed by atoms with E-state index in [1.165, 1.54) is 23.1 Å². The van der Waals surface area contributed by atoms with Gasteiger partial charge in [0.05, 0.1) is 28.7 Å². The second kappa shape index (κ2) is 9.83. The molecule has 0 aliphatic rings. The van der Waals surface area contributed by atoms with E-state index in [1.807, 2.05) is 65.5 Å². The van der Waals surface area contributed by atoms with Gasteiger partial charge in [-0.25, -0.2) is 19.6 Å². The maximum atomic E-state index is 12.8. The van der Waals surface area contributed by atoms with Gasteiger partial charge in [0.15, 0.2) is 16.6 Å². The third-order valence-electron chi connectivity index (χ3n) is 5.53. The first kappa shape index (κ1) is 24.1.